The highest BCUT2D eigenvalue weighted by atomic mass is 32.2. The molecular formula is C17H34N4O7S2. The molecule has 2 aliphatic rings. The highest BCUT2D eigenvalue weighted by molar-refractivity contribution is 7.91. The summed E-state index contributed by atoms with van der Waals surface area (Å²) in [5.41, 5.74) is 0. The van der Waals surface area contributed by atoms with Gasteiger partial charge in [0.2, 0.25) is 20.0 Å². The first kappa shape index (κ1) is 25.6. The van der Waals surface area contributed by atoms with Crippen molar-refractivity contribution in [2.45, 2.75) is 0 Å². The van der Waals surface area contributed by atoms with Crippen molar-refractivity contribution in [1.82, 2.24) is 18.4 Å². The third-order valence-electron chi connectivity index (χ3n) is 5.36. The SMILES string of the molecule is COCCN1CCN(S(=O)(=O)CC(=O)CS(=O)(=O)N2CCN(CCOC)CC2)CC1. The third-order valence-corrected chi connectivity index (χ3v) is 9.04. The number of hydrogen-bond acceptors (Lipinski definition) is 9. The van der Waals surface area contributed by atoms with Gasteiger partial charge in [0.05, 0.1) is 13.2 Å². The van der Waals surface area contributed by atoms with E-state index >= 15 is 0 Å². The molecule has 2 saturated heterocycles. The van der Waals surface area contributed by atoms with Crippen LogP contribution in [-0.4, -0.2) is 145 Å². The van der Waals surface area contributed by atoms with E-state index in [1.165, 1.54) is 8.61 Å². The third kappa shape index (κ3) is 7.79. The number of nitrogens with zero attached hydrogens (tertiary/aromatic N) is 4. The predicted molar refractivity (Wildman–Crippen MR) is 112 cm³/mol. The van der Waals surface area contributed by atoms with E-state index in [-0.39, 0.29) is 26.2 Å². The Hall–Kier alpha value is -0.670. The number of hydrogen-bond donors (Lipinski definition) is 0. The Labute approximate surface area is 180 Å². The van der Waals surface area contributed by atoms with E-state index in [0.717, 1.165) is 13.1 Å². The molecule has 176 valence electrons. The molecule has 0 N–H and O–H groups in total. The number of ketones is 1. The Morgan fingerprint density at radius 3 is 1.30 bits per heavy atom. The summed E-state index contributed by atoms with van der Waals surface area (Å²) < 4.78 is 62.8. The molecule has 0 radical (unpaired) electrons. The molecule has 11 nitrogen and oxygen atoms in total. The van der Waals surface area contributed by atoms with E-state index in [2.05, 4.69) is 9.80 Å². The van der Waals surface area contributed by atoms with Gasteiger partial charge in [-0.05, 0) is 0 Å². The summed E-state index contributed by atoms with van der Waals surface area (Å²) in [7, 11) is -4.43. The lowest BCUT2D eigenvalue weighted by atomic mass is 10.4. The fourth-order valence-corrected chi connectivity index (χ4v) is 6.49. The topological polar surface area (TPSA) is 117 Å². The van der Waals surface area contributed by atoms with Gasteiger partial charge >= 0.3 is 0 Å². The van der Waals surface area contributed by atoms with Crippen LogP contribution >= 0.6 is 0 Å². The van der Waals surface area contributed by atoms with Crippen LogP contribution < -0.4 is 0 Å². The van der Waals surface area contributed by atoms with Gasteiger partial charge in [-0.25, -0.2) is 16.8 Å². The molecule has 0 atom stereocenters. The molecule has 0 aliphatic carbocycles. The van der Waals surface area contributed by atoms with Gasteiger partial charge in [-0.3, -0.25) is 14.6 Å². The molecule has 2 fully saturated rings. The Morgan fingerprint density at radius 1 is 0.667 bits per heavy atom. The Morgan fingerprint density at radius 2 is 1.00 bits per heavy atom. The minimum absolute atomic E-state index is 0.287. The molecule has 0 saturated carbocycles. The first-order chi connectivity index (χ1) is 14.2. The van der Waals surface area contributed by atoms with Gasteiger partial charge in [0.25, 0.3) is 0 Å². The van der Waals surface area contributed by atoms with Crippen LogP contribution in [0.25, 0.3) is 0 Å². The average Bonchev–Trinajstić information content (AvgIpc) is 2.70. The van der Waals surface area contributed by atoms with Crippen molar-refractivity contribution in [3.05, 3.63) is 0 Å². The minimum Gasteiger partial charge on any atom is -0.383 e. The van der Waals surface area contributed by atoms with Crippen LogP contribution in [0.3, 0.4) is 0 Å². The normalized spacial score (nSPS) is 21.1. The van der Waals surface area contributed by atoms with Crippen molar-refractivity contribution in [3.63, 3.8) is 0 Å². The van der Waals surface area contributed by atoms with Crippen molar-refractivity contribution < 1.29 is 31.1 Å². The molecule has 30 heavy (non-hydrogen) atoms. The monoisotopic (exact) mass is 470 g/mol. The maximum Gasteiger partial charge on any atom is 0.221 e. The summed E-state index contributed by atoms with van der Waals surface area (Å²) in [5, 5.41) is 0. The van der Waals surface area contributed by atoms with Crippen molar-refractivity contribution in [3.8, 4) is 0 Å². The first-order valence-corrected chi connectivity index (χ1v) is 13.3. The second-order valence-corrected chi connectivity index (χ2v) is 11.5. The zero-order valence-corrected chi connectivity index (χ0v) is 19.5. The van der Waals surface area contributed by atoms with E-state index in [4.69, 9.17) is 9.47 Å². The molecule has 0 spiro atoms. The summed E-state index contributed by atoms with van der Waals surface area (Å²) in [6.07, 6.45) is 0. The van der Waals surface area contributed by atoms with E-state index in [0.29, 0.717) is 39.4 Å². The molecule has 2 heterocycles. The molecule has 2 rings (SSSR count). The van der Waals surface area contributed by atoms with Gasteiger partial charge in [-0.15, -0.1) is 0 Å². The smallest absolute Gasteiger partial charge is 0.221 e. The van der Waals surface area contributed by atoms with Gasteiger partial charge in [0.15, 0.2) is 5.78 Å². The largest absolute Gasteiger partial charge is 0.383 e. The van der Waals surface area contributed by atoms with Gasteiger partial charge in [0, 0.05) is 79.7 Å². The predicted octanol–water partition coefficient (Wildman–Crippen LogP) is -2.26. The van der Waals surface area contributed by atoms with Crippen LogP contribution in [0.2, 0.25) is 0 Å². The number of Topliss-reactive ketones (excluding diaryl/α,β-unsaturated/α-hetero) is 1. The maximum absolute atomic E-state index is 12.6. The summed E-state index contributed by atoms with van der Waals surface area (Å²) in [4.78, 5) is 16.5. The Bertz CT molecular complexity index is 682. The Balaban J connectivity index is 1.81. The zero-order valence-electron chi connectivity index (χ0n) is 17.9. The molecule has 0 aromatic rings. The van der Waals surface area contributed by atoms with Crippen molar-refractivity contribution in [2.75, 3.05) is 104 Å². The van der Waals surface area contributed by atoms with Crippen LogP contribution in [0.1, 0.15) is 0 Å². The lowest BCUT2D eigenvalue weighted by Gasteiger charge is -2.34. The van der Waals surface area contributed by atoms with Gasteiger partial charge in [0.1, 0.15) is 11.5 Å². The number of ether oxygens (including phenoxy) is 2. The number of sulfonamides is 2. The Kier molecular flexibility index (Phi) is 10.1. The number of piperazine rings is 2. The summed E-state index contributed by atoms with van der Waals surface area (Å²) in [6.45, 7) is 5.97. The quantitative estimate of drug-likeness (QED) is 0.312. The number of rotatable bonds is 12. The number of carbonyl (C=O) groups excluding carboxylic acids is 1. The van der Waals surface area contributed by atoms with Crippen molar-refractivity contribution >= 4 is 25.8 Å². The van der Waals surface area contributed by atoms with Crippen LogP contribution in [-0.2, 0) is 34.3 Å². The van der Waals surface area contributed by atoms with Crippen LogP contribution in [0.15, 0.2) is 0 Å². The summed E-state index contributed by atoms with van der Waals surface area (Å²) >= 11 is 0. The second kappa shape index (κ2) is 11.8. The first-order valence-electron chi connectivity index (χ1n) is 10.1. The number of methoxy groups -OCH3 is 2. The highest BCUT2D eigenvalue weighted by Crippen LogP contribution is 2.11. The van der Waals surface area contributed by atoms with Crippen LogP contribution in [0, 0.1) is 0 Å². The lowest BCUT2D eigenvalue weighted by molar-refractivity contribution is -0.114. The molecule has 0 aromatic heterocycles. The van der Waals surface area contributed by atoms with Crippen LogP contribution in [0.4, 0.5) is 0 Å². The van der Waals surface area contributed by atoms with Crippen molar-refractivity contribution in [1.29, 1.82) is 0 Å². The van der Waals surface area contributed by atoms with Gasteiger partial charge < -0.3 is 9.47 Å². The highest BCUT2D eigenvalue weighted by Gasteiger charge is 2.33. The van der Waals surface area contributed by atoms with Crippen molar-refractivity contribution in [2.24, 2.45) is 0 Å². The fourth-order valence-electron chi connectivity index (χ4n) is 3.53. The molecular weight excluding hydrogens is 436 g/mol. The van der Waals surface area contributed by atoms with E-state index < -0.39 is 37.3 Å². The molecule has 0 bridgehead atoms. The number of carbonyl (C=O) groups is 1. The van der Waals surface area contributed by atoms with Gasteiger partial charge in [-0.1, -0.05) is 0 Å². The summed E-state index contributed by atoms with van der Waals surface area (Å²) in [6, 6.07) is 0. The van der Waals surface area contributed by atoms with E-state index in [1.807, 2.05) is 0 Å². The zero-order chi connectivity index (χ0) is 22.2. The molecule has 0 amide bonds. The maximum atomic E-state index is 12.6. The lowest BCUT2D eigenvalue weighted by Crippen LogP contribution is -2.52. The second-order valence-electron chi connectivity index (χ2n) is 7.52. The minimum atomic E-state index is -3.83. The average molecular weight is 471 g/mol. The molecule has 13 heteroatoms. The molecule has 0 unspecified atom stereocenters. The summed E-state index contributed by atoms with van der Waals surface area (Å²) in [5.74, 6) is -2.35. The van der Waals surface area contributed by atoms with E-state index in [1.54, 1.807) is 14.2 Å². The fraction of sp³-hybridized carbons (Fsp3) is 0.941. The van der Waals surface area contributed by atoms with Gasteiger partial charge in [-0.2, -0.15) is 8.61 Å². The molecule has 0 aromatic carbocycles. The van der Waals surface area contributed by atoms with Crippen LogP contribution in [0.5, 0.6) is 0 Å². The van der Waals surface area contributed by atoms with E-state index in [9.17, 15) is 21.6 Å². The molecule has 2 aliphatic heterocycles. The standard InChI is InChI=1S/C17H34N4O7S2/c1-27-13-11-18-3-7-20(8-4-18)29(23,24)15-17(22)16-30(25,26)21-9-5-19(6-10-21)12-14-28-2/h3-16H2,1-2H3.